The van der Waals surface area contributed by atoms with Crippen LogP contribution in [-0.4, -0.2) is 71.8 Å². The third kappa shape index (κ3) is 5.62. The van der Waals surface area contributed by atoms with Crippen LogP contribution in [0.15, 0.2) is 34.3 Å². The Morgan fingerprint density at radius 1 is 1.29 bits per heavy atom. The van der Waals surface area contributed by atoms with Gasteiger partial charge in [-0.2, -0.15) is 0 Å². The molecule has 0 saturated carbocycles. The summed E-state index contributed by atoms with van der Waals surface area (Å²) < 4.78 is 39.2. The van der Waals surface area contributed by atoms with Gasteiger partial charge in [-0.15, -0.1) is 0 Å². The van der Waals surface area contributed by atoms with Crippen LogP contribution >= 0.6 is 0 Å². The van der Waals surface area contributed by atoms with Crippen molar-refractivity contribution in [2.75, 3.05) is 33.5 Å². The van der Waals surface area contributed by atoms with E-state index in [4.69, 9.17) is 14.3 Å². The van der Waals surface area contributed by atoms with Gasteiger partial charge in [-0.1, -0.05) is 11.2 Å². The maximum absolute atomic E-state index is 14.0. The molecule has 13 heteroatoms. The Bertz CT molecular complexity index is 1310. The van der Waals surface area contributed by atoms with E-state index in [-0.39, 0.29) is 55.9 Å². The molecule has 0 fully saturated rings. The lowest BCUT2D eigenvalue weighted by Gasteiger charge is -2.40. The average molecular weight is 535 g/mol. The number of carbonyl (C=O) groups is 2. The van der Waals surface area contributed by atoms with Gasteiger partial charge in [0.25, 0.3) is 11.8 Å². The lowest BCUT2D eigenvalue weighted by atomic mass is 10.0. The number of hydrogen-bond acceptors (Lipinski definition) is 8. The SMILES string of the molecule is COCCO/C1=N/OCC[C@H](C)N2C[C@H](C1)n1cc(C(=O)NCc3ccc(F)cc3F)c(=O)c(O)c1C2=O. The van der Waals surface area contributed by atoms with Gasteiger partial charge >= 0.3 is 0 Å². The number of methoxy groups -OCH3 is 1. The topological polar surface area (TPSA) is 132 Å². The summed E-state index contributed by atoms with van der Waals surface area (Å²) in [6.07, 6.45) is 1.76. The van der Waals surface area contributed by atoms with Crippen molar-refractivity contribution < 1.29 is 37.8 Å². The minimum Gasteiger partial charge on any atom is -0.503 e. The summed E-state index contributed by atoms with van der Waals surface area (Å²) in [4.78, 5) is 46.1. The van der Waals surface area contributed by atoms with Gasteiger partial charge in [-0.3, -0.25) is 14.4 Å². The van der Waals surface area contributed by atoms with Gasteiger partial charge < -0.3 is 34.2 Å². The number of ether oxygens (including phenoxy) is 2. The molecule has 204 valence electrons. The lowest BCUT2D eigenvalue weighted by molar-refractivity contribution is 0.0465. The summed E-state index contributed by atoms with van der Waals surface area (Å²) in [5, 5.41) is 17.3. The van der Waals surface area contributed by atoms with Crippen molar-refractivity contribution in [3.05, 3.63) is 63.1 Å². The third-order valence-corrected chi connectivity index (χ3v) is 6.47. The number of nitrogens with zero attached hydrogens (tertiary/aromatic N) is 3. The van der Waals surface area contributed by atoms with Crippen molar-refractivity contribution in [3.8, 4) is 5.75 Å². The molecule has 2 atom stereocenters. The predicted molar refractivity (Wildman–Crippen MR) is 130 cm³/mol. The lowest BCUT2D eigenvalue weighted by Crippen LogP contribution is -2.50. The van der Waals surface area contributed by atoms with E-state index in [2.05, 4.69) is 10.5 Å². The maximum atomic E-state index is 14.0. The first-order valence-electron chi connectivity index (χ1n) is 12.0. The molecule has 0 saturated heterocycles. The molecule has 3 heterocycles. The molecule has 2 aliphatic heterocycles. The average Bonchev–Trinajstić information content (AvgIpc) is 2.88. The molecule has 0 spiro atoms. The highest BCUT2D eigenvalue weighted by Gasteiger charge is 2.38. The van der Waals surface area contributed by atoms with Gasteiger partial charge in [0, 0.05) is 56.9 Å². The Morgan fingerprint density at radius 2 is 2.08 bits per heavy atom. The van der Waals surface area contributed by atoms with Gasteiger partial charge in [0.15, 0.2) is 11.4 Å². The first-order valence-corrected chi connectivity index (χ1v) is 12.0. The zero-order chi connectivity index (χ0) is 27.4. The van der Waals surface area contributed by atoms with Gasteiger partial charge in [0.05, 0.1) is 12.6 Å². The third-order valence-electron chi connectivity index (χ3n) is 6.47. The van der Waals surface area contributed by atoms with E-state index < -0.39 is 46.2 Å². The summed E-state index contributed by atoms with van der Waals surface area (Å²) in [6, 6.07) is 2.03. The second kappa shape index (κ2) is 11.6. The highest BCUT2D eigenvalue weighted by molar-refractivity contribution is 5.99. The number of pyridine rings is 1. The summed E-state index contributed by atoms with van der Waals surface area (Å²) in [6.45, 7) is 2.40. The quantitative estimate of drug-likeness (QED) is 0.542. The summed E-state index contributed by atoms with van der Waals surface area (Å²) >= 11 is 0. The van der Waals surface area contributed by atoms with E-state index in [1.807, 2.05) is 6.92 Å². The van der Waals surface area contributed by atoms with Crippen LogP contribution in [-0.2, 0) is 20.9 Å². The molecule has 2 aromatic rings. The second-order valence-corrected chi connectivity index (χ2v) is 9.01. The van der Waals surface area contributed by atoms with Crippen LogP contribution in [0, 0.1) is 11.6 Å². The second-order valence-electron chi connectivity index (χ2n) is 9.01. The molecule has 0 unspecified atom stereocenters. The van der Waals surface area contributed by atoms with Crippen LogP contribution in [0.4, 0.5) is 8.78 Å². The zero-order valence-corrected chi connectivity index (χ0v) is 20.9. The van der Waals surface area contributed by atoms with E-state index >= 15 is 0 Å². The number of aromatic nitrogens is 1. The molecule has 2 bridgehead atoms. The van der Waals surface area contributed by atoms with E-state index in [9.17, 15) is 28.3 Å². The number of rotatable bonds is 6. The standard InChI is InChI=1S/C25H28F2N4O7/c1-14-5-6-38-29-20(37-8-7-36-2)10-17-12-30(14)25(35)21-23(33)22(32)18(13-31(17)21)24(34)28-11-15-3-4-16(26)9-19(15)27/h3-4,9,13-14,17,33H,5-8,10-12H2,1-2H3,(H,28,34)/b29-20+/t14-,17-/m0/s1. The van der Waals surface area contributed by atoms with Crippen molar-refractivity contribution in [1.29, 1.82) is 0 Å². The molecular weight excluding hydrogens is 506 g/mol. The smallest absolute Gasteiger partial charge is 0.274 e. The van der Waals surface area contributed by atoms with Crippen LogP contribution in [0.25, 0.3) is 0 Å². The van der Waals surface area contributed by atoms with E-state index in [0.29, 0.717) is 19.1 Å². The molecule has 1 aromatic carbocycles. The molecule has 11 nitrogen and oxygen atoms in total. The highest BCUT2D eigenvalue weighted by atomic mass is 19.1. The Kier molecular flexibility index (Phi) is 8.25. The molecule has 4 rings (SSSR count). The van der Waals surface area contributed by atoms with Crippen molar-refractivity contribution in [2.45, 2.75) is 38.4 Å². The molecule has 0 radical (unpaired) electrons. The monoisotopic (exact) mass is 534 g/mol. The number of benzene rings is 1. The Labute approximate surface area is 216 Å². The number of fused-ring (bicyclic) bond motifs is 4. The largest absolute Gasteiger partial charge is 0.503 e. The predicted octanol–water partition coefficient (Wildman–Crippen LogP) is 1.93. The number of amides is 2. The van der Waals surface area contributed by atoms with Crippen molar-refractivity contribution in [1.82, 2.24) is 14.8 Å². The molecule has 2 N–H and O–H groups in total. The Hall–Kier alpha value is -4.00. The van der Waals surface area contributed by atoms with Crippen molar-refractivity contribution >= 4 is 17.7 Å². The summed E-state index contributed by atoms with van der Waals surface area (Å²) in [5.41, 5.74) is -1.74. The number of nitrogens with one attached hydrogen (secondary N) is 1. The van der Waals surface area contributed by atoms with Crippen LogP contribution in [0.2, 0.25) is 0 Å². The summed E-state index contributed by atoms with van der Waals surface area (Å²) in [5.74, 6) is -3.75. The van der Waals surface area contributed by atoms with Gasteiger partial charge in [0.2, 0.25) is 11.3 Å². The summed E-state index contributed by atoms with van der Waals surface area (Å²) in [7, 11) is 1.52. The van der Waals surface area contributed by atoms with Crippen molar-refractivity contribution in [3.63, 3.8) is 0 Å². The zero-order valence-electron chi connectivity index (χ0n) is 20.9. The van der Waals surface area contributed by atoms with E-state index in [1.54, 1.807) is 0 Å². The fraction of sp³-hybridized carbons (Fsp3) is 0.440. The molecule has 0 aliphatic carbocycles. The molecular formula is C25H28F2N4O7. The van der Waals surface area contributed by atoms with Crippen LogP contribution < -0.4 is 10.7 Å². The van der Waals surface area contributed by atoms with Crippen molar-refractivity contribution in [2.24, 2.45) is 5.16 Å². The Balaban J connectivity index is 1.69. The number of hydrogen-bond donors (Lipinski definition) is 2. The number of oxime groups is 1. The fourth-order valence-electron chi connectivity index (χ4n) is 4.36. The van der Waals surface area contributed by atoms with E-state index in [1.165, 1.54) is 28.8 Å². The minimum atomic E-state index is -1.05. The minimum absolute atomic E-state index is 0.00300. The van der Waals surface area contributed by atoms with Gasteiger partial charge in [-0.25, -0.2) is 8.78 Å². The first-order chi connectivity index (χ1) is 18.2. The Morgan fingerprint density at radius 3 is 2.82 bits per heavy atom. The van der Waals surface area contributed by atoms with Crippen LogP contribution in [0.3, 0.4) is 0 Å². The molecule has 1 aromatic heterocycles. The van der Waals surface area contributed by atoms with E-state index in [0.717, 1.165) is 6.07 Å². The normalized spacial score (nSPS) is 20.6. The first kappa shape index (κ1) is 27.0. The van der Waals surface area contributed by atoms with Gasteiger partial charge in [-0.05, 0) is 13.0 Å². The van der Waals surface area contributed by atoms with Crippen LogP contribution in [0.1, 0.15) is 52.2 Å². The van der Waals surface area contributed by atoms with Crippen LogP contribution in [0.5, 0.6) is 5.75 Å². The molecule has 2 amide bonds. The maximum Gasteiger partial charge on any atom is 0.274 e. The van der Waals surface area contributed by atoms with Gasteiger partial charge in [0.1, 0.15) is 30.4 Å². The fourth-order valence-corrected chi connectivity index (χ4v) is 4.36. The number of carbonyl (C=O) groups excluding carboxylic acids is 2. The molecule has 38 heavy (non-hydrogen) atoms. The number of halogens is 2. The number of aromatic hydroxyl groups is 1. The highest BCUT2D eigenvalue weighted by Crippen LogP contribution is 2.31. The molecule has 2 aliphatic rings.